The van der Waals surface area contributed by atoms with Gasteiger partial charge in [-0.1, -0.05) is 232 Å². The summed E-state index contributed by atoms with van der Waals surface area (Å²) in [5, 5.41) is 4.65. The molecule has 0 bridgehead atoms. The second-order valence-corrected chi connectivity index (χ2v) is 19.7. The van der Waals surface area contributed by atoms with E-state index in [1.165, 1.54) is 66.4 Å². The maximum atomic E-state index is 2.54. The van der Waals surface area contributed by atoms with Crippen LogP contribution in [0.5, 0.6) is 0 Å². The third-order valence-electron chi connectivity index (χ3n) is 15.0. The molecule has 346 valence electrons. The summed E-state index contributed by atoms with van der Waals surface area (Å²) in [6.07, 6.45) is 0. The zero-order chi connectivity index (χ0) is 48.9. The molecule has 0 saturated heterocycles. The molecule has 0 fully saturated rings. The second-order valence-electron chi connectivity index (χ2n) is 19.7. The molecule has 2 heteroatoms. The molecule has 0 aliphatic heterocycles. The summed E-state index contributed by atoms with van der Waals surface area (Å²) in [7, 11) is 0. The molecule has 0 spiro atoms. The van der Waals surface area contributed by atoms with E-state index in [2.05, 4.69) is 303 Å². The summed E-state index contributed by atoms with van der Waals surface area (Å²) in [5.41, 5.74) is 21.0. The minimum Gasteiger partial charge on any atom is -0.309 e. The number of hydrogen-bond acceptors (Lipinski definition) is 2. The maximum absolute atomic E-state index is 2.54. The van der Waals surface area contributed by atoms with Crippen molar-refractivity contribution in [1.82, 2.24) is 0 Å². The van der Waals surface area contributed by atoms with Crippen LogP contribution in [0.15, 0.2) is 279 Å². The summed E-state index contributed by atoms with van der Waals surface area (Å²) in [6, 6.07) is 102. The van der Waals surface area contributed by atoms with Gasteiger partial charge in [0.15, 0.2) is 0 Å². The van der Waals surface area contributed by atoms with Crippen LogP contribution in [0.3, 0.4) is 0 Å². The van der Waals surface area contributed by atoms with Crippen LogP contribution in [0, 0.1) is 0 Å². The molecule has 0 heterocycles. The fraction of sp³-hybridized carbons (Fsp3) is 0.0423. The molecule has 0 saturated carbocycles. The molecular weight excluding hydrogens is 881 g/mol. The van der Waals surface area contributed by atoms with Crippen molar-refractivity contribution in [3.8, 4) is 55.6 Å². The molecule has 13 rings (SSSR count). The van der Waals surface area contributed by atoms with Crippen LogP contribution in [0.4, 0.5) is 34.1 Å². The van der Waals surface area contributed by atoms with Crippen molar-refractivity contribution in [2.75, 3.05) is 9.80 Å². The highest BCUT2D eigenvalue weighted by Gasteiger charge is 2.37. The van der Waals surface area contributed by atoms with Gasteiger partial charge in [-0.25, -0.2) is 0 Å². The molecule has 1 aliphatic carbocycles. The molecule has 12 aromatic rings. The van der Waals surface area contributed by atoms with Crippen molar-refractivity contribution in [2.24, 2.45) is 0 Å². The van der Waals surface area contributed by atoms with Crippen LogP contribution in [0.1, 0.15) is 25.0 Å². The van der Waals surface area contributed by atoms with Crippen molar-refractivity contribution in [3.63, 3.8) is 0 Å². The molecule has 73 heavy (non-hydrogen) atoms. The normalized spacial score (nSPS) is 12.4. The Bertz CT molecular complexity index is 3960. The van der Waals surface area contributed by atoms with Crippen LogP contribution in [0.2, 0.25) is 0 Å². The van der Waals surface area contributed by atoms with Gasteiger partial charge >= 0.3 is 0 Å². The van der Waals surface area contributed by atoms with Crippen molar-refractivity contribution in [3.05, 3.63) is 290 Å². The van der Waals surface area contributed by atoms with Gasteiger partial charge in [0.05, 0.1) is 11.4 Å². The first-order valence-electron chi connectivity index (χ1n) is 25.3. The molecule has 2 nitrogen and oxygen atoms in total. The number of nitrogens with zero attached hydrogens (tertiary/aromatic N) is 2. The van der Waals surface area contributed by atoms with E-state index in [4.69, 9.17) is 0 Å². The van der Waals surface area contributed by atoms with Crippen molar-refractivity contribution >= 4 is 55.7 Å². The number of fused-ring (bicyclic) bond motifs is 5. The van der Waals surface area contributed by atoms with Crippen LogP contribution in [-0.2, 0) is 5.41 Å². The fourth-order valence-corrected chi connectivity index (χ4v) is 11.4. The van der Waals surface area contributed by atoms with Gasteiger partial charge in [-0.2, -0.15) is 0 Å². The third-order valence-corrected chi connectivity index (χ3v) is 15.0. The second kappa shape index (κ2) is 18.2. The number of rotatable bonds is 10. The average molecular weight is 933 g/mol. The molecule has 0 amide bonds. The quantitative estimate of drug-likeness (QED) is 0.0996. The summed E-state index contributed by atoms with van der Waals surface area (Å²) in [4.78, 5) is 5.04. The summed E-state index contributed by atoms with van der Waals surface area (Å²) >= 11 is 0. The minimum atomic E-state index is -0.241. The largest absolute Gasteiger partial charge is 0.309 e. The Hall–Kier alpha value is -9.24. The van der Waals surface area contributed by atoms with Gasteiger partial charge in [-0.05, 0) is 127 Å². The Kier molecular flexibility index (Phi) is 10.9. The molecular formula is C71H52N2. The van der Waals surface area contributed by atoms with E-state index in [0.717, 1.165) is 56.0 Å². The highest BCUT2D eigenvalue weighted by atomic mass is 15.2. The third kappa shape index (κ3) is 7.76. The van der Waals surface area contributed by atoms with Crippen molar-refractivity contribution < 1.29 is 0 Å². The Labute approximate surface area is 428 Å². The minimum absolute atomic E-state index is 0.241. The molecule has 1 aliphatic rings. The molecule has 0 atom stereocenters. The van der Waals surface area contributed by atoms with E-state index in [9.17, 15) is 0 Å². The van der Waals surface area contributed by atoms with E-state index in [1.54, 1.807) is 0 Å². The lowest BCUT2D eigenvalue weighted by Gasteiger charge is -2.34. The van der Waals surface area contributed by atoms with Crippen LogP contribution >= 0.6 is 0 Å². The first kappa shape index (κ1) is 43.8. The summed E-state index contributed by atoms with van der Waals surface area (Å²) < 4.78 is 0. The molecule has 0 N–H and O–H groups in total. The van der Waals surface area contributed by atoms with Gasteiger partial charge in [0, 0.05) is 49.7 Å². The van der Waals surface area contributed by atoms with E-state index in [0.29, 0.717) is 0 Å². The predicted octanol–water partition coefficient (Wildman–Crippen LogP) is 19.9. The molecule has 0 unspecified atom stereocenters. The highest BCUT2D eigenvalue weighted by molar-refractivity contribution is 6.24. The topological polar surface area (TPSA) is 6.48 Å². The zero-order valence-electron chi connectivity index (χ0n) is 41.0. The van der Waals surface area contributed by atoms with Gasteiger partial charge in [0.2, 0.25) is 0 Å². The molecule has 12 aromatic carbocycles. The van der Waals surface area contributed by atoms with Gasteiger partial charge in [0.25, 0.3) is 0 Å². The van der Waals surface area contributed by atoms with Gasteiger partial charge in [0.1, 0.15) is 0 Å². The SMILES string of the molecule is CC1(C)c2ccccc2-c2cc3c(N(c4ccc(-c5ccccc5)cc4)c4cccc(-c5ccccc5)c4)c4ccccc4c(N(c4ccc(-c5ccccc5)cc4)c4cccc(-c5ccccc5)c4)c3cc21. The number of anilines is 6. The lowest BCUT2D eigenvalue weighted by Crippen LogP contribution is -2.17. The Morgan fingerprint density at radius 2 is 0.589 bits per heavy atom. The van der Waals surface area contributed by atoms with Crippen molar-refractivity contribution in [2.45, 2.75) is 19.3 Å². The summed E-state index contributed by atoms with van der Waals surface area (Å²) in [6.45, 7) is 4.79. The fourth-order valence-electron chi connectivity index (χ4n) is 11.4. The van der Waals surface area contributed by atoms with E-state index >= 15 is 0 Å². The molecule has 0 radical (unpaired) electrons. The van der Waals surface area contributed by atoms with Gasteiger partial charge in [-0.3, -0.25) is 0 Å². The van der Waals surface area contributed by atoms with Gasteiger partial charge in [-0.15, -0.1) is 0 Å². The van der Waals surface area contributed by atoms with Crippen molar-refractivity contribution in [1.29, 1.82) is 0 Å². The van der Waals surface area contributed by atoms with Crippen LogP contribution in [0.25, 0.3) is 77.2 Å². The molecule has 0 aromatic heterocycles. The first-order chi connectivity index (χ1) is 36.0. The van der Waals surface area contributed by atoms with E-state index < -0.39 is 0 Å². The zero-order valence-corrected chi connectivity index (χ0v) is 41.0. The number of benzene rings is 12. The Morgan fingerprint density at radius 1 is 0.233 bits per heavy atom. The number of hydrogen-bond donors (Lipinski definition) is 0. The smallest absolute Gasteiger partial charge is 0.0620 e. The van der Waals surface area contributed by atoms with Gasteiger partial charge < -0.3 is 9.80 Å². The van der Waals surface area contributed by atoms with Crippen LogP contribution in [-0.4, -0.2) is 0 Å². The van der Waals surface area contributed by atoms with E-state index in [1.807, 2.05) is 0 Å². The van der Waals surface area contributed by atoms with Crippen LogP contribution < -0.4 is 9.80 Å². The first-order valence-corrected chi connectivity index (χ1v) is 25.3. The highest BCUT2D eigenvalue weighted by Crippen LogP contribution is 2.56. The standard InChI is InChI=1S/C71H52N2/c1-71(2)67-36-18-17-33-61(67)64-47-65-66(48-68(64)71)70(73(58-43-39-54(40-44-58)50-23-9-4-10-24-50)60-32-20-30-56(46-60)52-27-13-6-14-28-52)63-35-16-15-34-62(63)69(65)72(57-41-37-53(38-42-57)49-21-7-3-8-22-49)59-31-19-29-55(45-59)51-25-11-5-12-26-51/h3-48H,1-2H3. The predicted molar refractivity (Wildman–Crippen MR) is 310 cm³/mol. The lowest BCUT2D eigenvalue weighted by molar-refractivity contribution is 0.661. The Morgan fingerprint density at radius 3 is 1.04 bits per heavy atom. The monoisotopic (exact) mass is 932 g/mol. The van der Waals surface area contributed by atoms with E-state index in [-0.39, 0.29) is 5.41 Å². The average Bonchev–Trinajstić information content (AvgIpc) is 3.69. The lowest BCUT2D eigenvalue weighted by atomic mass is 9.81. The maximum Gasteiger partial charge on any atom is 0.0620 e. The summed E-state index contributed by atoms with van der Waals surface area (Å²) in [5.74, 6) is 0. The Balaban J connectivity index is 1.14.